The highest BCUT2D eigenvalue weighted by Gasteiger charge is 2.20. The van der Waals surface area contributed by atoms with Crippen LogP contribution in [0.1, 0.15) is 16.1 Å². The summed E-state index contributed by atoms with van der Waals surface area (Å²) in [5.74, 6) is -1.13. The number of nitrogens with zero attached hydrogens (tertiary/aromatic N) is 3. The Morgan fingerprint density at radius 1 is 0.923 bits per heavy atom. The second kappa shape index (κ2) is 10.7. The van der Waals surface area contributed by atoms with Gasteiger partial charge in [-0.25, -0.2) is 32.9 Å². The molecule has 2 heterocycles. The van der Waals surface area contributed by atoms with Gasteiger partial charge in [-0.15, -0.1) is 0 Å². The van der Waals surface area contributed by atoms with E-state index in [-0.39, 0.29) is 22.3 Å². The number of benzene rings is 3. The zero-order valence-corrected chi connectivity index (χ0v) is 21.3. The monoisotopic (exact) mass is 543 g/mol. The number of ether oxygens (including phenoxy) is 1. The number of rotatable bonds is 8. The van der Waals surface area contributed by atoms with Crippen LogP contribution in [0.3, 0.4) is 0 Å². The molecule has 0 unspecified atom stereocenters. The molecule has 11 nitrogen and oxygen atoms in total. The lowest BCUT2D eigenvalue weighted by Crippen LogP contribution is -2.21. The van der Waals surface area contributed by atoms with Crippen molar-refractivity contribution in [3.63, 3.8) is 0 Å². The number of para-hydroxylation sites is 2. The van der Waals surface area contributed by atoms with Gasteiger partial charge in [-0.05, 0) is 61.5 Å². The smallest absolute Gasteiger partial charge is 0.339 e. The molecule has 0 saturated carbocycles. The summed E-state index contributed by atoms with van der Waals surface area (Å²) in [6.45, 7) is 1.15. The third kappa shape index (κ3) is 5.91. The molecule has 0 fully saturated rings. The summed E-state index contributed by atoms with van der Waals surface area (Å²) in [7, 11) is -3.93. The molecule has 196 valence electrons. The normalized spacial score (nSPS) is 11.2. The molecule has 5 aromatic rings. The second-order valence-electron chi connectivity index (χ2n) is 8.31. The lowest BCUT2D eigenvalue weighted by atomic mass is 10.1. The van der Waals surface area contributed by atoms with Crippen LogP contribution in [-0.2, 0) is 19.6 Å². The molecule has 0 spiro atoms. The van der Waals surface area contributed by atoms with Crippen molar-refractivity contribution in [1.82, 2.24) is 15.0 Å². The Balaban J connectivity index is 1.21. The van der Waals surface area contributed by atoms with E-state index in [0.29, 0.717) is 28.0 Å². The molecule has 0 bridgehead atoms. The number of anilines is 2. The number of hydrogen-bond acceptors (Lipinski definition) is 9. The fraction of sp³-hybridized carbons (Fsp3) is 0.0741. The van der Waals surface area contributed by atoms with Crippen LogP contribution in [0.4, 0.5) is 11.6 Å². The Kier molecular flexibility index (Phi) is 7.02. The number of carbonyl (C=O) groups is 2. The lowest BCUT2D eigenvalue weighted by molar-refractivity contribution is -0.119. The highest BCUT2D eigenvalue weighted by Crippen LogP contribution is 2.27. The van der Waals surface area contributed by atoms with Crippen molar-refractivity contribution < 1.29 is 27.2 Å². The van der Waals surface area contributed by atoms with Gasteiger partial charge < -0.3 is 14.5 Å². The Morgan fingerprint density at radius 3 is 2.44 bits per heavy atom. The van der Waals surface area contributed by atoms with Crippen molar-refractivity contribution in [3.8, 4) is 11.5 Å². The third-order valence-corrected chi connectivity index (χ3v) is 6.82. The average Bonchev–Trinajstić information content (AvgIpc) is 3.36. The standard InChI is InChI=1S/C27H21N5O6S/c1-17-14-15-28-27(29-17)32-39(35,36)19-12-10-18(11-13-19)30-24(33)16-37-26(34)21-7-3-2-6-20(21)25-31-22-8-4-5-9-23(22)38-25/h2-15H,16H2,1H3,(H,30,33)(H,28,29,32). The van der Waals surface area contributed by atoms with Gasteiger partial charge in [0, 0.05) is 17.6 Å². The summed E-state index contributed by atoms with van der Waals surface area (Å²) in [5, 5.41) is 2.56. The quantitative estimate of drug-likeness (QED) is 0.274. The Morgan fingerprint density at radius 2 is 1.67 bits per heavy atom. The molecule has 12 heteroatoms. The van der Waals surface area contributed by atoms with E-state index in [1.54, 1.807) is 49.4 Å². The number of aryl methyl sites for hydroxylation is 1. The lowest BCUT2D eigenvalue weighted by Gasteiger charge is -2.10. The summed E-state index contributed by atoms with van der Waals surface area (Å²) in [6.07, 6.45) is 1.44. The van der Waals surface area contributed by atoms with Crippen LogP contribution in [0, 0.1) is 6.92 Å². The summed E-state index contributed by atoms with van der Waals surface area (Å²) in [5.41, 5.74) is 2.77. The molecule has 5 rings (SSSR count). The molecular weight excluding hydrogens is 522 g/mol. The fourth-order valence-electron chi connectivity index (χ4n) is 3.64. The van der Waals surface area contributed by atoms with Gasteiger partial charge in [-0.2, -0.15) is 0 Å². The maximum absolute atomic E-state index is 12.8. The highest BCUT2D eigenvalue weighted by molar-refractivity contribution is 7.92. The van der Waals surface area contributed by atoms with E-state index in [4.69, 9.17) is 9.15 Å². The average molecular weight is 544 g/mol. The van der Waals surface area contributed by atoms with Crippen LogP contribution in [0.25, 0.3) is 22.6 Å². The number of carbonyl (C=O) groups excluding carboxylic acids is 2. The first-order chi connectivity index (χ1) is 18.8. The van der Waals surface area contributed by atoms with Crippen molar-refractivity contribution in [2.24, 2.45) is 0 Å². The third-order valence-electron chi connectivity index (χ3n) is 5.47. The molecule has 3 aromatic carbocycles. The molecule has 0 radical (unpaired) electrons. The van der Waals surface area contributed by atoms with Crippen LogP contribution in [0.5, 0.6) is 0 Å². The maximum Gasteiger partial charge on any atom is 0.339 e. The fourth-order valence-corrected chi connectivity index (χ4v) is 4.59. The van der Waals surface area contributed by atoms with E-state index < -0.39 is 28.5 Å². The highest BCUT2D eigenvalue weighted by atomic mass is 32.2. The Bertz CT molecular complexity index is 1750. The number of sulfonamides is 1. The van der Waals surface area contributed by atoms with Crippen LogP contribution >= 0.6 is 0 Å². The first-order valence-corrected chi connectivity index (χ1v) is 13.1. The SMILES string of the molecule is Cc1ccnc(NS(=O)(=O)c2ccc(NC(=O)COC(=O)c3ccccc3-c3nc4ccccc4o3)cc2)n1. The van der Waals surface area contributed by atoms with Gasteiger partial charge in [0.2, 0.25) is 11.8 Å². The molecule has 0 saturated heterocycles. The number of nitrogens with one attached hydrogen (secondary N) is 2. The predicted octanol–water partition coefficient (Wildman–Crippen LogP) is 4.19. The maximum atomic E-state index is 12.8. The molecule has 0 atom stereocenters. The number of amides is 1. The van der Waals surface area contributed by atoms with Gasteiger partial charge in [-0.3, -0.25) is 4.79 Å². The number of hydrogen-bond donors (Lipinski definition) is 2. The van der Waals surface area contributed by atoms with Gasteiger partial charge in [0.05, 0.1) is 16.0 Å². The zero-order valence-electron chi connectivity index (χ0n) is 20.5. The van der Waals surface area contributed by atoms with Crippen molar-refractivity contribution >= 4 is 44.6 Å². The number of oxazole rings is 1. The van der Waals surface area contributed by atoms with E-state index in [0.717, 1.165) is 0 Å². The van der Waals surface area contributed by atoms with Gasteiger partial charge in [0.25, 0.3) is 15.9 Å². The molecule has 2 aromatic heterocycles. The van der Waals surface area contributed by atoms with Crippen LogP contribution < -0.4 is 10.0 Å². The van der Waals surface area contributed by atoms with Gasteiger partial charge in [0.1, 0.15) is 5.52 Å². The Labute approximate surface area is 222 Å². The minimum absolute atomic E-state index is 0.0483. The molecule has 0 aliphatic carbocycles. The molecule has 2 N–H and O–H groups in total. The van der Waals surface area contributed by atoms with Crippen molar-refractivity contribution in [2.45, 2.75) is 11.8 Å². The van der Waals surface area contributed by atoms with Crippen LogP contribution in [0.15, 0.2) is 94.4 Å². The summed E-state index contributed by atoms with van der Waals surface area (Å²) in [4.78, 5) is 37.5. The molecule has 1 amide bonds. The number of aromatic nitrogens is 3. The van der Waals surface area contributed by atoms with Gasteiger partial charge in [-0.1, -0.05) is 24.3 Å². The Hall–Kier alpha value is -5.10. The van der Waals surface area contributed by atoms with E-state index in [9.17, 15) is 18.0 Å². The van der Waals surface area contributed by atoms with E-state index in [1.807, 2.05) is 12.1 Å². The number of esters is 1. The van der Waals surface area contributed by atoms with Crippen LogP contribution in [-0.4, -0.2) is 41.9 Å². The second-order valence-corrected chi connectivity index (χ2v) is 9.99. The van der Waals surface area contributed by atoms with Crippen LogP contribution in [0.2, 0.25) is 0 Å². The van der Waals surface area contributed by atoms with E-state index in [1.165, 1.54) is 30.5 Å². The first kappa shape index (κ1) is 25.5. The predicted molar refractivity (Wildman–Crippen MR) is 142 cm³/mol. The van der Waals surface area contributed by atoms with Crippen molar-refractivity contribution in [3.05, 3.63) is 96.3 Å². The molecular formula is C27H21N5O6S. The summed E-state index contributed by atoms with van der Waals surface area (Å²) in [6, 6.07) is 20.9. The minimum Gasteiger partial charge on any atom is -0.452 e. The summed E-state index contributed by atoms with van der Waals surface area (Å²) < 4.78 is 38.5. The van der Waals surface area contributed by atoms with E-state index in [2.05, 4.69) is 25.0 Å². The van der Waals surface area contributed by atoms with Gasteiger partial charge in [0.15, 0.2) is 12.2 Å². The van der Waals surface area contributed by atoms with Crippen molar-refractivity contribution in [1.29, 1.82) is 0 Å². The van der Waals surface area contributed by atoms with E-state index >= 15 is 0 Å². The largest absolute Gasteiger partial charge is 0.452 e. The zero-order chi connectivity index (χ0) is 27.4. The summed E-state index contributed by atoms with van der Waals surface area (Å²) >= 11 is 0. The first-order valence-electron chi connectivity index (χ1n) is 11.6. The molecule has 0 aliphatic heterocycles. The van der Waals surface area contributed by atoms with Gasteiger partial charge >= 0.3 is 5.97 Å². The molecule has 39 heavy (non-hydrogen) atoms. The molecule has 0 aliphatic rings. The topological polar surface area (TPSA) is 153 Å². The number of fused-ring (bicyclic) bond motifs is 1. The minimum atomic E-state index is -3.93. The van der Waals surface area contributed by atoms with Crippen molar-refractivity contribution in [2.75, 3.05) is 16.6 Å².